The van der Waals surface area contributed by atoms with Crippen molar-refractivity contribution >= 4 is 13.8 Å². The van der Waals surface area contributed by atoms with E-state index in [1.54, 1.807) is 0 Å². The van der Waals surface area contributed by atoms with Crippen molar-refractivity contribution in [1.82, 2.24) is 0 Å². The summed E-state index contributed by atoms with van der Waals surface area (Å²) in [4.78, 5) is 23.4. The molecule has 8 nitrogen and oxygen atoms in total. The zero-order valence-corrected chi connectivity index (χ0v) is 21.2. The van der Waals surface area contributed by atoms with Gasteiger partial charge in [-0.3, -0.25) is 9.36 Å². The first-order valence-corrected chi connectivity index (χ1v) is 12.6. The summed E-state index contributed by atoms with van der Waals surface area (Å²) in [7, 11) is 1.19. The second kappa shape index (κ2) is 18.6. The van der Waals surface area contributed by atoms with Crippen LogP contribution in [0.5, 0.6) is 0 Å². The Labute approximate surface area is 198 Å². The number of allylic oxidation sites excluding steroid dienone is 10. The maximum Gasteiger partial charge on any atom is 0.305 e. The number of unbranched alkanes of at least 4 members (excludes halogenated alkanes) is 1. The number of phosphoric acid groups is 1. The van der Waals surface area contributed by atoms with Gasteiger partial charge in [0.2, 0.25) is 0 Å². The van der Waals surface area contributed by atoms with E-state index >= 15 is 0 Å². The van der Waals surface area contributed by atoms with Gasteiger partial charge in [0.1, 0.15) is 25.9 Å². The lowest BCUT2D eigenvalue weighted by molar-refractivity contribution is -0.870. The number of likely N-dealkylation sites (N-methyl/N-ethyl adjacent to an activating group) is 1. The quantitative estimate of drug-likeness (QED) is 0.104. The van der Waals surface area contributed by atoms with Crippen LogP contribution in [0.2, 0.25) is 0 Å². The first-order chi connectivity index (χ1) is 15.6. The van der Waals surface area contributed by atoms with Crippen LogP contribution in [0.1, 0.15) is 32.6 Å². The molecule has 1 N–H and O–H groups in total. The minimum atomic E-state index is -4.51. The maximum atomic E-state index is 11.7. The Balaban J connectivity index is 3.89. The second-order valence-electron chi connectivity index (χ2n) is 8.24. The monoisotopic (exact) mass is 485 g/mol. The molecule has 188 valence electrons. The number of rotatable bonds is 18. The normalized spacial score (nSPS) is 15.9. The van der Waals surface area contributed by atoms with E-state index in [-0.39, 0.29) is 19.6 Å². The lowest BCUT2D eigenvalue weighted by atomic mass is 10.2. The number of carbonyl (C=O) groups excluding carboxylic acids is 1. The molecule has 33 heavy (non-hydrogen) atoms. The van der Waals surface area contributed by atoms with E-state index in [0.717, 1.165) is 6.42 Å². The number of aliphatic hydroxyl groups is 1. The molecular formula is C24H40NO7P. The molecule has 9 heteroatoms. The Bertz CT molecular complexity index is 721. The van der Waals surface area contributed by atoms with Crippen LogP contribution < -0.4 is 4.89 Å². The molecule has 0 aromatic carbocycles. The largest absolute Gasteiger partial charge is 0.756 e. The lowest BCUT2D eigenvalue weighted by Crippen LogP contribution is -2.37. The molecular weight excluding hydrogens is 445 g/mol. The van der Waals surface area contributed by atoms with E-state index < -0.39 is 26.5 Å². The topological polar surface area (TPSA) is 105 Å². The zero-order chi connectivity index (χ0) is 25.0. The fraction of sp³-hybridized carbons (Fsp3) is 0.542. The Hall–Kier alpha value is -1.80. The van der Waals surface area contributed by atoms with E-state index in [9.17, 15) is 19.4 Å². The number of phosphoric ester groups is 1. The first-order valence-electron chi connectivity index (χ1n) is 11.1. The third-order valence-electron chi connectivity index (χ3n) is 3.91. The third-order valence-corrected chi connectivity index (χ3v) is 4.87. The standard InChI is InChI=1S/C24H40NO7P/c1-5-6-7-8-9-10-11-12-13-14-15-16-17-18-24(27)30-21-23(26)22-32-33(28,29)31-20-19-25(2,3)4/h6-15,23,26H,5,16-22H2,1-4H3/b7-6+,9-8+,11-10+,13-12+,15-14+. The minimum absolute atomic E-state index is 0.0232. The molecule has 0 saturated carbocycles. The molecule has 0 aromatic heterocycles. The molecule has 2 atom stereocenters. The van der Waals surface area contributed by atoms with Crippen molar-refractivity contribution in [3.8, 4) is 0 Å². The summed E-state index contributed by atoms with van der Waals surface area (Å²) in [5.41, 5.74) is 0. The Kier molecular flexibility index (Phi) is 17.6. The lowest BCUT2D eigenvalue weighted by Gasteiger charge is -2.27. The van der Waals surface area contributed by atoms with Crippen molar-refractivity contribution in [3.05, 3.63) is 60.8 Å². The van der Waals surface area contributed by atoms with E-state index in [0.29, 0.717) is 23.9 Å². The van der Waals surface area contributed by atoms with Crippen molar-refractivity contribution < 1.29 is 37.6 Å². The van der Waals surface area contributed by atoms with Gasteiger partial charge in [-0.1, -0.05) is 67.7 Å². The van der Waals surface area contributed by atoms with Gasteiger partial charge >= 0.3 is 5.97 Å². The number of esters is 1. The van der Waals surface area contributed by atoms with E-state index in [4.69, 9.17) is 9.26 Å². The predicted molar refractivity (Wildman–Crippen MR) is 129 cm³/mol. The molecule has 2 unspecified atom stereocenters. The number of quaternary nitrogens is 1. The molecule has 0 heterocycles. The number of hydrogen-bond acceptors (Lipinski definition) is 7. The first kappa shape index (κ1) is 31.2. The van der Waals surface area contributed by atoms with Gasteiger partial charge < -0.3 is 28.3 Å². The van der Waals surface area contributed by atoms with Crippen molar-refractivity contribution in [3.63, 3.8) is 0 Å². The van der Waals surface area contributed by atoms with E-state index in [1.807, 2.05) is 75.8 Å². The van der Waals surface area contributed by atoms with Crippen LogP contribution >= 0.6 is 7.82 Å². The van der Waals surface area contributed by atoms with Crippen molar-refractivity contribution in [2.45, 2.75) is 38.7 Å². The molecule has 0 fully saturated rings. The molecule has 0 saturated heterocycles. The van der Waals surface area contributed by atoms with Crippen LogP contribution in [-0.2, 0) is 23.1 Å². The summed E-state index contributed by atoms with van der Waals surface area (Å²) in [5.74, 6) is -0.464. The molecule has 0 aromatic rings. The fourth-order valence-corrected chi connectivity index (χ4v) is 2.82. The van der Waals surface area contributed by atoms with Gasteiger partial charge in [-0.25, -0.2) is 0 Å². The summed E-state index contributed by atoms with van der Waals surface area (Å²) >= 11 is 0. The van der Waals surface area contributed by atoms with Crippen LogP contribution in [0.4, 0.5) is 0 Å². The predicted octanol–water partition coefficient (Wildman–Crippen LogP) is 3.46. The molecule has 0 rings (SSSR count). The molecule has 0 aliphatic carbocycles. The summed E-state index contributed by atoms with van der Waals surface area (Å²) in [6.45, 7) is 1.67. The number of aliphatic hydroxyl groups excluding tert-OH is 1. The van der Waals surface area contributed by atoms with Crippen molar-refractivity contribution in [2.75, 3.05) is 47.5 Å². The second-order valence-corrected chi connectivity index (χ2v) is 9.65. The Morgan fingerprint density at radius 2 is 1.55 bits per heavy atom. The van der Waals surface area contributed by atoms with Gasteiger partial charge in [-0.05, 0) is 19.3 Å². The van der Waals surface area contributed by atoms with Crippen LogP contribution in [0, 0.1) is 0 Å². The minimum Gasteiger partial charge on any atom is -0.756 e. The third kappa shape index (κ3) is 23.2. The van der Waals surface area contributed by atoms with Gasteiger partial charge in [-0.2, -0.15) is 0 Å². The number of hydrogen-bond donors (Lipinski definition) is 1. The molecule has 0 aliphatic rings. The molecule has 0 amide bonds. The SMILES string of the molecule is CC/C=C/C=C/C=C/C=C/C=C/CCCC(=O)OCC(O)COP(=O)([O-])OCC[N+](C)(C)C. The highest BCUT2D eigenvalue weighted by Crippen LogP contribution is 2.38. The van der Waals surface area contributed by atoms with Crippen LogP contribution in [-0.4, -0.2) is 69.2 Å². The molecule has 0 spiro atoms. The highest BCUT2D eigenvalue weighted by Gasteiger charge is 2.16. The number of ether oxygens (including phenoxy) is 1. The van der Waals surface area contributed by atoms with Crippen LogP contribution in [0.3, 0.4) is 0 Å². The van der Waals surface area contributed by atoms with Gasteiger partial charge in [0.05, 0.1) is 27.7 Å². The fourth-order valence-electron chi connectivity index (χ4n) is 2.09. The summed E-state index contributed by atoms with van der Waals surface area (Å²) < 4.78 is 26.5. The average molecular weight is 486 g/mol. The summed E-state index contributed by atoms with van der Waals surface area (Å²) in [5, 5.41) is 9.75. The van der Waals surface area contributed by atoms with Crippen molar-refractivity contribution in [1.29, 1.82) is 0 Å². The van der Waals surface area contributed by atoms with Gasteiger partial charge in [0, 0.05) is 6.42 Å². The van der Waals surface area contributed by atoms with Gasteiger partial charge in [0.15, 0.2) is 0 Å². The van der Waals surface area contributed by atoms with Crippen LogP contribution in [0.25, 0.3) is 0 Å². The highest BCUT2D eigenvalue weighted by atomic mass is 31.2. The number of carbonyl (C=O) groups is 1. The Morgan fingerprint density at radius 3 is 2.12 bits per heavy atom. The van der Waals surface area contributed by atoms with E-state index in [2.05, 4.69) is 17.5 Å². The van der Waals surface area contributed by atoms with Crippen molar-refractivity contribution in [2.24, 2.45) is 0 Å². The molecule has 0 aliphatic heterocycles. The smallest absolute Gasteiger partial charge is 0.305 e. The van der Waals surface area contributed by atoms with Gasteiger partial charge in [-0.15, -0.1) is 0 Å². The Morgan fingerprint density at radius 1 is 0.970 bits per heavy atom. The zero-order valence-electron chi connectivity index (χ0n) is 20.3. The average Bonchev–Trinajstić information content (AvgIpc) is 2.73. The molecule has 0 radical (unpaired) electrons. The van der Waals surface area contributed by atoms with E-state index in [1.165, 1.54) is 0 Å². The highest BCUT2D eigenvalue weighted by molar-refractivity contribution is 7.45. The molecule has 0 bridgehead atoms. The number of nitrogens with zero attached hydrogens (tertiary/aromatic N) is 1. The van der Waals surface area contributed by atoms with Gasteiger partial charge in [0.25, 0.3) is 7.82 Å². The summed E-state index contributed by atoms with van der Waals surface area (Å²) in [6.07, 6.45) is 20.8. The van der Waals surface area contributed by atoms with Crippen LogP contribution in [0.15, 0.2) is 60.8 Å². The maximum absolute atomic E-state index is 11.7. The summed E-state index contributed by atoms with van der Waals surface area (Å²) in [6, 6.07) is 0.